The Bertz CT molecular complexity index is 783. The highest BCUT2D eigenvalue weighted by molar-refractivity contribution is 5.90. The molecule has 29 heavy (non-hydrogen) atoms. The second-order valence-electron chi connectivity index (χ2n) is 7.50. The van der Waals surface area contributed by atoms with Crippen LogP contribution in [0.2, 0.25) is 0 Å². The van der Waals surface area contributed by atoms with Crippen LogP contribution in [0.15, 0.2) is 42.5 Å². The number of rotatable bonds is 9. The van der Waals surface area contributed by atoms with Gasteiger partial charge in [-0.1, -0.05) is 24.6 Å². The molecule has 0 atom stereocenters. The van der Waals surface area contributed by atoms with E-state index < -0.39 is 0 Å². The number of carbonyl (C=O) groups excluding carboxylic acids is 1. The molecule has 2 aromatic rings. The topological polar surface area (TPSA) is 50.8 Å². The lowest BCUT2D eigenvalue weighted by Crippen LogP contribution is -2.29. The first-order valence-corrected chi connectivity index (χ1v) is 10.6. The van der Waals surface area contributed by atoms with E-state index in [0.717, 1.165) is 23.5 Å². The van der Waals surface area contributed by atoms with Crippen molar-refractivity contribution in [2.45, 2.75) is 45.6 Å². The number of carbonyl (C=O) groups is 1. The molecule has 0 saturated carbocycles. The molecule has 1 fully saturated rings. The van der Waals surface area contributed by atoms with Gasteiger partial charge in [-0.25, -0.2) is 0 Å². The van der Waals surface area contributed by atoms with E-state index in [-0.39, 0.29) is 5.91 Å². The highest BCUT2D eigenvalue weighted by Gasteiger charge is 2.11. The van der Waals surface area contributed by atoms with Crippen LogP contribution in [0.5, 0.6) is 11.5 Å². The van der Waals surface area contributed by atoms with Gasteiger partial charge in [-0.3, -0.25) is 9.69 Å². The fourth-order valence-electron chi connectivity index (χ4n) is 3.69. The highest BCUT2D eigenvalue weighted by Crippen LogP contribution is 2.28. The molecule has 1 amide bonds. The SMILES string of the molecule is CCOc1ccc(CCC(=O)Nc2ccc(CN3CCCCC3)cc2)cc1OC. The fraction of sp³-hybridized carbons (Fsp3) is 0.458. The minimum absolute atomic E-state index is 0.0154. The van der Waals surface area contributed by atoms with E-state index in [1.807, 2.05) is 37.3 Å². The summed E-state index contributed by atoms with van der Waals surface area (Å²) in [5.74, 6) is 1.45. The van der Waals surface area contributed by atoms with Crippen molar-refractivity contribution in [1.29, 1.82) is 0 Å². The van der Waals surface area contributed by atoms with Gasteiger partial charge in [-0.2, -0.15) is 0 Å². The van der Waals surface area contributed by atoms with Gasteiger partial charge in [0.05, 0.1) is 13.7 Å². The van der Waals surface area contributed by atoms with E-state index in [4.69, 9.17) is 9.47 Å². The summed E-state index contributed by atoms with van der Waals surface area (Å²) < 4.78 is 10.9. The van der Waals surface area contributed by atoms with Gasteiger partial charge in [0, 0.05) is 18.7 Å². The molecule has 0 bridgehead atoms. The van der Waals surface area contributed by atoms with Gasteiger partial charge in [0.25, 0.3) is 0 Å². The lowest BCUT2D eigenvalue weighted by molar-refractivity contribution is -0.116. The van der Waals surface area contributed by atoms with Crippen LogP contribution in [0, 0.1) is 0 Å². The molecule has 1 N–H and O–H groups in total. The minimum Gasteiger partial charge on any atom is -0.493 e. The fourth-order valence-corrected chi connectivity index (χ4v) is 3.69. The minimum atomic E-state index is 0.0154. The van der Waals surface area contributed by atoms with Crippen molar-refractivity contribution >= 4 is 11.6 Å². The lowest BCUT2D eigenvalue weighted by Gasteiger charge is -2.26. The second-order valence-corrected chi connectivity index (χ2v) is 7.50. The highest BCUT2D eigenvalue weighted by atomic mass is 16.5. The number of hydrogen-bond acceptors (Lipinski definition) is 4. The Labute approximate surface area is 174 Å². The Morgan fingerprint density at radius 2 is 1.72 bits per heavy atom. The number of amides is 1. The third kappa shape index (κ3) is 6.50. The van der Waals surface area contributed by atoms with Gasteiger partial charge in [0.15, 0.2) is 11.5 Å². The Balaban J connectivity index is 1.47. The molecule has 5 heteroatoms. The smallest absolute Gasteiger partial charge is 0.224 e. The van der Waals surface area contributed by atoms with Gasteiger partial charge >= 0.3 is 0 Å². The molecule has 1 heterocycles. The maximum absolute atomic E-state index is 12.3. The third-order valence-electron chi connectivity index (χ3n) is 5.26. The number of benzene rings is 2. The van der Waals surface area contributed by atoms with E-state index in [0.29, 0.717) is 25.2 Å². The number of nitrogens with zero attached hydrogens (tertiary/aromatic N) is 1. The van der Waals surface area contributed by atoms with Crippen molar-refractivity contribution in [2.75, 3.05) is 32.1 Å². The average Bonchev–Trinajstić information content (AvgIpc) is 2.75. The van der Waals surface area contributed by atoms with Crippen molar-refractivity contribution in [3.8, 4) is 11.5 Å². The number of nitrogens with one attached hydrogen (secondary N) is 1. The summed E-state index contributed by atoms with van der Waals surface area (Å²) in [6.07, 6.45) is 5.03. The maximum atomic E-state index is 12.3. The molecule has 0 radical (unpaired) electrons. The molecule has 1 aliphatic rings. The van der Waals surface area contributed by atoms with Crippen molar-refractivity contribution in [2.24, 2.45) is 0 Å². The van der Waals surface area contributed by atoms with Crippen LogP contribution in [0.3, 0.4) is 0 Å². The van der Waals surface area contributed by atoms with E-state index in [1.165, 1.54) is 37.9 Å². The summed E-state index contributed by atoms with van der Waals surface area (Å²) in [4.78, 5) is 14.8. The van der Waals surface area contributed by atoms with Crippen molar-refractivity contribution in [1.82, 2.24) is 4.90 Å². The van der Waals surface area contributed by atoms with Gasteiger partial charge in [-0.15, -0.1) is 0 Å². The number of anilines is 1. The van der Waals surface area contributed by atoms with E-state index in [1.54, 1.807) is 7.11 Å². The first kappa shape index (κ1) is 21.2. The van der Waals surface area contributed by atoms with Crippen LogP contribution < -0.4 is 14.8 Å². The largest absolute Gasteiger partial charge is 0.493 e. The quantitative estimate of drug-likeness (QED) is 0.670. The van der Waals surface area contributed by atoms with E-state index in [9.17, 15) is 4.79 Å². The summed E-state index contributed by atoms with van der Waals surface area (Å²) in [7, 11) is 1.63. The molecule has 1 aliphatic heterocycles. The second kappa shape index (κ2) is 10.9. The van der Waals surface area contributed by atoms with Crippen LogP contribution in [0.4, 0.5) is 5.69 Å². The standard InChI is InChI=1S/C24H32N2O3/c1-3-29-22-13-9-19(17-23(22)28-2)10-14-24(27)25-21-11-7-20(8-12-21)18-26-15-5-4-6-16-26/h7-9,11-13,17H,3-6,10,14-16,18H2,1-2H3,(H,25,27). The molecule has 2 aromatic carbocycles. The maximum Gasteiger partial charge on any atom is 0.224 e. The summed E-state index contributed by atoms with van der Waals surface area (Å²) >= 11 is 0. The van der Waals surface area contributed by atoms with Gasteiger partial charge < -0.3 is 14.8 Å². The summed E-state index contributed by atoms with van der Waals surface area (Å²) in [5.41, 5.74) is 3.20. The van der Waals surface area contributed by atoms with Crippen LogP contribution >= 0.6 is 0 Å². The van der Waals surface area contributed by atoms with Crippen molar-refractivity contribution < 1.29 is 14.3 Å². The van der Waals surface area contributed by atoms with Crippen molar-refractivity contribution in [3.63, 3.8) is 0 Å². The first-order chi connectivity index (χ1) is 14.2. The van der Waals surface area contributed by atoms with E-state index in [2.05, 4.69) is 22.3 Å². The summed E-state index contributed by atoms with van der Waals surface area (Å²) in [5, 5.41) is 2.99. The molecule has 0 spiro atoms. The van der Waals surface area contributed by atoms with Crippen LogP contribution in [0.1, 0.15) is 43.7 Å². The Kier molecular flexibility index (Phi) is 7.94. The lowest BCUT2D eigenvalue weighted by atomic mass is 10.1. The monoisotopic (exact) mass is 396 g/mol. The van der Waals surface area contributed by atoms with Crippen LogP contribution in [-0.2, 0) is 17.8 Å². The molecule has 3 rings (SSSR count). The molecule has 0 aromatic heterocycles. The zero-order valence-electron chi connectivity index (χ0n) is 17.6. The third-order valence-corrected chi connectivity index (χ3v) is 5.26. The molecule has 0 aliphatic carbocycles. The van der Waals surface area contributed by atoms with Crippen LogP contribution in [0.25, 0.3) is 0 Å². The number of piperidine rings is 1. The normalized spacial score (nSPS) is 14.4. The molecule has 156 valence electrons. The zero-order valence-corrected chi connectivity index (χ0v) is 17.6. The molecule has 0 unspecified atom stereocenters. The Morgan fingerprint density at radius 1 is 1.00 bits per heavy atom. The number of likely N-dealkylation sites (tertiary alicyclic amines) is 1. The number of aryl methyl sites for hydroxylation is 1. The summed E-state index contributed by atoms with van der Waals surface area (Å²) in [6.45, 7) is 5.91. The number of methoxy groups -OCH3 is 1. The van der Waals surface area contributed by atoms with Crippen molar-refractivity contribution in [3.05, 3.63) is 53.6 Å². The Hall–Kier alpha value is -2.53. The Morgan fingerprint density at radius 3 is 2.41 bits per heavy atom. The molecule has 1 saturated heterocycles. The van der Waals surface area contributed by atoms with Crippen LogP contribution in [-0.4, -0.2) is 37.6 Å². The predicted octanol–water partition coefficient (Wildman–Crippen LogP) is 4.65. The summed E-state index contributed by atoms with van der Waals surface area (Å²) in [6, 6.07) is 14.0. The predicted molar refractivity (Wildman–Crippen MR) is 117 cm³/mol. The average molecular weight is 397 g/mol. The van der Waals surface area contributed by atoms with E-state index >= 15 is 0 Å². The number of hydrogen-bond donors (Lipinski definition) is 1. The molecular weight excluding hydrogens is 364 g/mol. The molecule has 5 nitrogen and oxygen atoms in total. The van der Waals surface area contributed by atoms with Gasteiger partial charge in [-0.05, 0) is 74.7 Å². The molecular formula is C24H32N2O3. The zero-order chi connectivity index (χ0) is 20.5. The van der Waals surface area contributed by atoms with Gasteiger partial charge in [0.2, 0.25) is 5.91 Å². The first-order valence-electron chi connectivity index (χ1n) is 10.6. The number of ether oxygens (including phenoxy) is 2. The van der Waals surface area contributed by atoms with Gasteiger partial charge in [0.1, 0.15) is 0 Å².